The third kappa shape index (κ3) is 3.09. The van der Waals surface area contributed by atoms with Crippen LogP contribution >= 0.6 is 11.6 Å². The van der Waals surface area contributed by atoms with Gasteiger partial charge in [0.2, 0.25) is 0 Å². The van der Waals surface area contributed by atoms with Crippen molar-refractivity contribution in [1.82, 2.24) is 0 Å². The van der Waals surface area contributed by atoms with Gasteiger partial charge in [0.25, 0.3) is 0 Å². The molecular formula is C17H17ClO3. The van der Waals surface area contributed by atoms with Crippen molar-refractivity contribution in [3.63, 3.8) is 0 Å². The van der Waals surface area contributed by atoms with Gasteiger partial charge >= 0.3 is 5.97 Å². The molecule has 0 saturated heterocycles. The van der Waals surface area contributed by atoms with Crippen molar-refractivity contribution in [3.05, 3.63) is 71.8 Å². The summed E-state index contributed by atoms with van der Waals surface area (Å²) >= 11 is 6.55. The Labute approximate surface area is 129 Å². The molecule has 2 aromatic rings. The van der Waals surface area contributed by atoms with Gasteiger partial charge in [-0.15, -0.1) is 0 Å². The van der Waals surface area contributed by atoms with Crippen molar-refractivity contribution in [1.29, 1.82) is 0 Å². The van der Waals surface area contributed by atoms with Crippen LogP contribution in [0.5, 0.6) is 0 Å². The topological polar surface area (TPSA) is 46.5 Å². The van der Waals surface area contributed by atoms with Crippen LogP contribution in [0.25, 0.3) is 0 Å². The van der Waals surface area contributed by atoms with E-state index in [1.807, 2.05) is 12.1 Å². The highest BCUT2D eigenvalue weighted by atomic mass is 35.5. The van der Waals surface area contributed by atoms with Crippen molar-refractivity contribution in [3.8, 4) is 0 Å². The van der Waals surface area contributed by atoms with Gasteiger partial charge in [0, 0.05) is 0 Å². The molecule has 0 heterocycles. The van der Waals surface area contributed by atoms with Crippen LogP contribution in [-0.4, -0.2) is 17.7 Å². The van der Waals surface area contributed by atoms with E-state index in [9.17, 15) is 9.90 Å². The molecule has 2 rings (SSSR count). The Bertz CT molecular complexity index is 585. The number of alkyl halides is 1. The van der Waals surface area contributed by atoms with E-state index in [-0.39, 0.29) is 6.61 Å². The molecule has 0 bridgehead atoms. The number of aliphatic hydroxyl groups is 1. The first kappa shape index (κ1) is 15.5. The van der Waals surface area contributed by atoms with E-state index in [1.54, 1.807) is 55.5 Å². The zero-order valence-electron chi connectivity index (χ0n) is 11.7. The molecule has 3 nitrogen and oxygen atoms in total. The van der Waals surface area contributed by atoms with Crippen molar-refractivity contribution < 1.29 is 14.6 Å². The summed E-state index contributed by atoms with van der Waals surface area (Å²) in [6.07, 6.45) is -1.21. The maximum absolute atomic E-state index is 12.4. The summed E-state index contributed by atoms with van der Waals surface area (Å²) in [5.74, 6) is -0.658. The lowest BCUT2D eigenvalue weighted by Gasteiger charge is -2.30. The second kappa shape index (κ2) is 6.74. The van der Waals surface area contributed by atoms with Gasteiger partial charge in [-0.2, -0.15) is 0 Å². The van der Waals surface area contributed by atoms with Crippen LogP contribution in [-0.2, 0) is 14.4 Å². The number of esters is 1. The van der Waals surface area contributed by atoms with Gasteiger partial charge in [-0.1, -0.05) is 72.3 Å². The summed E-state index contributed by atoms with van der Waals surface area (Å²) < 4.78 is 5.07. The molecule has 0 radical (unpaired) electrons. The van der Waals surface area contributed by atoms with Gasteiger partial charge in [0.05, 0.1) is 6.61 Å². The first-order valence-electron chi connectivity index (χ1n) is 6.75. The highest BCUT2D eigenvalue weighted by molar-refractivity contribution is 6.34. The number of ether oxygens (including phenoxy) is 1. The summed E-state index contributed by atoms with van der Waals surface area (Å²) in [7, 11) is 0. The van der Waals surface area contributed by atoms with Crippen LogP contribution in [0.3, 0.4) is 0 Å². The SMILES string of the molecule is CCOC(=O)[C@@](Cl)(c1ccccc1)[C@H](O)c1ccccc1. The minimum Gasteiger partial charge on any atom is -0.464 e. The molecule has 0 fully saturated rings. The Morgan fingerprint density at radius 3 is 2.19 bits per heavy atom. The van der Waals surface area contributed by atoms with E-state index in [1.165, 1.54) is 0 Å². The fourth-order valence-electron chi connectivity index (χ4n) is 2.17. The average Bonchev–Trinajstić information content (AvgIpc) is 2.55. The molecule has 4 heteroatoms. The molecular weight excluding hydrogens is 288 g/mol. The first-order valence-corrected chi connectivity index (χ1v) is 7.13. The minimum absolute atomic E-state index is 0.196. The molecule has 0 saturated carbocycles. The lowest BCUT2D eigenvalue weighted by atomic mass is 9.88. The summed E-state index contributed by atoms with van der Waals surface area (Å²) in [6, 6.07) is 17.6. The lowest BCUT2D eigenvalue weighted by molar-refractivity contribution is -0.150. The molecule has 21 heavy (non-hydrogen) atoms. The number of benzene rings is 2. The normalized spacial score (nSPS) is 15.0. The van der Waals surface area contributed by atoms with Crippen LogP contribution in [0.4, 0.5) is 0 Å². The molecule has 0 unspecified atom stereocenters. The van der Waals surface area contributed by atoms with Crippen LogP contribution in [0.15, 0.2) is 60.7 Å². The van der Waals surface area contributed by atoms with Crippen LogP contribution in [0, 0.1) is 0 Å². The number of carbonyl (C=O) groups excluding carboxylic acids is 1. The monoisotopic (exact) mass is 304 g/mol. The summed E-state index contributed by atoms with van der Waals surface area (Å²) in [5.41, 5.74) is 1.06. The van der Waals surface area contributed by atoms with Gasteiger partial charge in [-0.05, 0) is 18.1 Å². The highest BCUT2D eigenvalue weighted by Crippen LogP contribution is 2.42. The van der Waals surface area contributed by atoms with Crippen LogP contribution in [0.2, 0.25) is 0 Å². The standard InChI is InChI=1S/C17H17ClO3/c1-2-21-16(20)17(18,14-11-7-4-8-12-14)15(19)13-9-5-3-6-10-13/h3-12,15,19H,2H2,1H3/t15-,17-/m1/s1. The fourth-order valence-corrected chi connectivity index (χ4v) is 2.48. The molecule has 0 aliphatic rings. The van der Waals surface area contributed by atoms with Crippen molar-refractivity contribution in [2.75, 3.05) is 6.61 Å². The van der Waals surface area contributed by atoms with Gasteiger partial charge in [-0.3, -0.25) is 0 Å². The first-order chi connectivity index (χ1) is 10.1. The zero-order chi connectivity index (χ0) is 15.3. The van der Waals surface area contributed by atoms with E-state index in [4.69, 9.17) is 16.3 Å². The van der Waals surface area contributed by atoms with E-state index >= 15 is 0 Å². The molecule has 0 spiro atoms. The third-order valence-electron chi connectivity index (χ3n) is 3.26. The minimum atomic E-state index is -1.67. The van der Waals surface area contributed by atoms with Gasteiger partial charge < -0.3 is 9.84 Å². The van der Waals surface area contributed by atoms with Crippen LogP contribution in [0.1, 0.15) is 24.2 Å². The smallest absolute Gasteiger partial charge is 0.334 e. The molecule has 1 N–H and O–H groups in total. The Balaban J connectivity index is 2.48. The molecule has 2 atom stereocenters. The van der Waals surface area contributed by atoms with E-state index in [0.717, 1.165) is 0 Å². The quantitative estimate of drug-likeness (QED) is 0.680. The summed E-state index contributed by atoms with van der Waals surface area (Å²) in [6.45, 7) is 1.90. The van der Waals surface area contributed by atoms with Gasteiger partial charge in [0.1, 0.15) is 6.10 Å². The molecule has 110 valence electrons. The average molecular weight is 305 g/mol. The Morgan fingerprint density at radius 2 is 1.67 bits per heavy atom. The molecule has 0 aromatic heterocycles. The number of rotatable bonds is 5. The predicted octanol–water partition coefficient (Wildman–Crippen LogP) is 3.42. The lowest BCUT2D eigenvalue weighted by Crippen LogP contribution is -2.38. The van der Waals surface area contributed by atoms with Gasteiger partial charge in [0.15, 0.2) is 4.87 Å². The number of aliphatic hydroxyl groups excluding tert-OH is 1. The molecule has 0 amide bonds. The number of hydrogen-bond donors (Lipinski definition) is 1. The second-order valence-electron chi connectivity index (χ2n) is 4.61. The molecule has 0 aliphatic heterocycles. The van der Waals surface area contributed by atoms with Gasteiger partial charge in [-0.25, -0.2) is 4.79 Å². The summed E-state index contributed by atoms with van der Waals surface area (Å²) in [5, 5.41) is 10.7. The van der Waals surface area contributed by atoms with E-state index in [0.29, 0.717) is 11.1 Å². The van der Waals surface area contributed by atoms with Crippen molar-refractivity contribution in [2.24, 2.45) is 0 Å². The van der Waals surface area contributed by atoms with Crippen molar-refractivity contribution >= 4 is 17.6 Å². The number of hydrogen-bond acceptors (Lipinski definition) is 3. The number of halogens is 1. The zero-order valence-corrected chi connectivity index (χ0v) is 12.5. The summed E-state index contributed by atoms with van der Waals surface area (Å²) in [4.78, 5) is 10.7. The largest absolute Gasteiger partial charge is 0.464 e. The van der Waals surface area contributed by atoms with E-state index in [2.05, 4.69) is 0 Å². The Morgan fingerprint density at radius 1 is 1.14 bits per heavy atom. The Kier molecular flexibility index (Phi) is 4.99. The second-order valence-corrected chi connectivity index (χ2v) is 5.21. The maximum atomic E-state index is 12.4. The van der Waals surface area contributed by atoms with E-state index < -0.39 is 16.9 Å². The van der Waals surface area contributed by atoms with Crippen LogP contribution < -0.4 is 0 Å². The number of carbonyl (C=O) groups is 1. The third-order valence-corrected chi connectivity index (χ3v) is 3.84. The molecule has 2 aromatic carbocycles. The predicted molar refractivity (Wildman–Crippen MR) is 82.0 cm³/mol. The fraction of sp³-hybridized carbons (Fsp3) is 0.235. The van der Waals surface area contributed by atoms with Crippen molar-refractivity contribution in [2.45, 2.75) is 17.9 Å². The Hall–Kier alpha value is -1.84. The molecule has 0 aliphatic carbocycles. The highest BCUT2D eigenvalue weighted by Gasteiger charge is 2.47. The maximum Gasteiger partial charge on any atom is 0.334 e.